The molecule has 1 saturated carbocycles. The molecule has 1 aliphatic heterocycles. The van der Waals surface area contributed by atoms with E-state index >= 15 is 0 Å². The van der Waals surface area contributed by atoms with Gasteiger partial charge >= 0.3 is 6.03 Å². The summed E-state index contributed by atoms with van der Waals surface area (Å²) in [5.74, 6) is 0.778. The molecule has 2 fully saturated rings. The highest BCUT2D eigenvalue weighted by molar-refractivity contribution is 6.00. The van der Waals surface area contributed by atoms with Crippen molar-refractivity contribution in [1.82, 2.24) is 10.6 Å². The van der Waals surface area contributed by atoms with Crippen LogP contribution in [0.15, 0.2) is 18.2 Å². The molecule has 1 aliphatic carbocycles. The molecule has 3 rings (SSSR count). The third kappa shape index (κ3) is 3.71. The lowest BCUT2D eigenvalue weighted by Crippen LogP contribution is -2.44. The maximum atomic E-state index is 12.7. The second kappa shape index (κ2) is 7.74. The molecule has 2 atom stereocenters. The molecule has 2 unspecified atom stereocenters. The number of hydrogen-bond acceptors (Lipinski definition) is 4. The van der Waals surface area contributed by atoms with Gasteiger partial charge < -0.3 is 21.1 Å². The fraction of sp³-hybridized carbons (Fsp3) is 0.556. The minimum atomic E-state index is -0.175. The van der Waals surface area contributed by atoms with Crippen molar-refractivity contribution >= 4 is 17.6 Å². The molecule has 4 N–H and O–H groups in total. The largest absolute Gasteiger partial charge is 0.495 e. The molecule has 1 aromatic carbocycles. The second-order valence-corrected chi connectivity index (χ2v) is 6.63. The van der Waals surface area contributed by atoms with Crippen molar-refractivity contribution in [3.8, 4) is 5.75 Å². The van der Waals surface area contributed by atoms with Gasteiger partial charge in [0.2, 0.25) is 0 Å². The molecule has 0 spiro atoms. The van der Waals surface area contributed by atoms with Gasteiger partial charge in [0.05, 0.1) is 12.8 Å². The SMILES string of the molecule is COc1ccc(C(=O)NC2CCCCC2CN)cc1N1CCNC1=O. The predicted octanol–water partition coefficient (Wildman–Crippen LogP) is 1.47. The first-order valence-electron chi connectivity index (χ1n) is 8.88. The second-order valence-electron chi connectivity index (χ2n) is 6.63. The van der Waals surface area contributed by atoms with Crippen molar-refractivity contribution in [2.45, 2.75) is 31.7 Å². The zero-order chi connectivity index (χ0) is 17.8. The summed E-state index contributed by atoms with van der Waals surface area (Å²) in [7, 11) is 1.56. The molecule has 2 aliphatic rings. The number of methoxy groups -OCH3 is 1. The Balaban J connectivity index is 1.79. The number of carbonyl (C=O) groups excluding carboxylic acids is 2. The number of hydrogen-bond donors (Lipinski definition) is 3. The Morgan fingerprint density at radius 2 is 2.20 bits per heavy atom. The van der Waals surface area contributed by atoms with Crippen LogP contribution in [0.2, 0.25) is 0 Å². The number of carbonyl (C=O) groups is 2. The minimum Gasteiger partial charge on any atom is -0.495 e. The van der Waals surface area contributed by atoms with Crippen molar-refractivity contribution in [1.29, 1.82) is 0 Å². The standard InChI is InChI=1S/C18H26N4O3/c1-25-16-7-6-12(10-15(16)22-9-8-20-18(22)24)17(23)21-14-5-3-2-4-13(14)11-19/h6-7,10,13-14H,2-5,8-9,11,19H2,1H3,(H,20,24)(H,21,23). The van der Waals surface area contributed by atoms with Gasteiger partial charge in [-0.3, -0.25) is 9.69 Å². The van der Waals surface area contributed by atoms with E-state index in [2.05, 4.69) is 10.6 Å². The van der Waals surface area contributed by atoms with Gasteiger partial charge in [0, 0.05) is 24.7 Å². The summed E-state index contributed by atoms with van der Waals surface area (Å²) in [6.07, 6.45) is 4.31. The molecule has 25 heavy (non-hydrogen) atoms. The first-order chi connectivity index (χ1) is 12.1. The summed E-state index contributed by atoms with van der Waals surface area (Å²) in [6.45, 7) is 1.73. The van der Waals surface area contributed by atoms with Crippen molar-refractivity contribution in [3.63, 3.8) is 0 Å². The highest BCUT2D eigenvalue weighted by Crippen LogP contribution is 2.31. The minimum absolute atomic E-state index is 0.117. The first-order valence-corrected chi connectivity index (χ1v) is 8.88. The van der Waals surface area contributed by atoms with Gasteiger partial charge in [-0.25, -0.2) is 4.79 Å². The van der Waals surface area contributed by atoms with Crippen LogP contribution in [0.3, 0.4) is 0 Å². The lowest BCUT2D eigenvalue weighted by molar-refractivity contribution is 0.0908. The van der Waals surface area contributed by atoms with Gasteiger partial charge in [-0.05, 0) is 43.5 Å². The maximum absolute atomic E-state index is 12.7. The third-order valence-electron chi connectivity index (χ3n) is 5.12. The Labute approximate surface area is 147 Å². The summed E-state index contributed by atoms with van der Waals surface area (Å²) in [6, 6.07) is 5.13. The molecular formula is C18H26N4O3. The number of amides is 3. The summed E-state index contributed by atoms with van der Waals surface area (Å²) < 4.78 is 5.36. The fourth-order valence-electron chi connectivity index (χ4n) is 3.68. The van der Waals surface area contributed by atoms with Crippen LogP contribution in [-0.4, -0.2) is 44.7 Å². The Kier molecular flexibility index (Phi) is 5.43. The molecule has 7 nitrogen and oxygen atoms in total. The molecule has 136 valence electrons. The molecule has 1 saturated heterocycles. The summed E-state index contributed by atoms with van der Waals surface area (Å²) in [5.41, 5.74) is 6.99. The van der Waals surface area contributed by atoms with Crippen LogP contribution in [0.25, 0.3) is 0 Å². The molecular weight excluding hydrogens is 320 g/mol. The normalized spacial score (nSPS) is 23.3. The fourth-order valence-corrected chi connectivity index (χ4v) is 3.68. The van der Waals surface area contributed by atoms with Crippen LogP contribution < -0.4 is 26.0 Å². The van der Waals surface area contributed by atoms with Crippen molar-refractivity contribution in [3.05, 3.63) is 23.8 Å². The molecule has 0 bridgehead atoms. The third-order valence-corrected chi connectivity index (χ3v) is 5.12. The van der Waals surface area contributed by atoms with Gasteiger partial charge in [-0.2, -0.15) is 0 Å². The van der Waals surface area contributed by atoms with Gasteiger partial charge in [-0.1, -0.05) is 12.8 Å². The highest BCUT2D eigenvalue weighted by atomic mass is 16.5. The zero-order valence-corrected chi connectivity index (χ0v) is 14.6. The van der Waals surface area contributed by atoms with E-state index in [9.17, 15) is 9.59 Å². The van der Waals surface area contributed by atoms with Gasteiger partial charge in [0.1, 0.15) is 5.75 Å². The lowest BCUT2D eigenvalue weighted by atomic mass is 9.84. The van der Waals surface area contributed by atoms with Crippen molar-refractivity contribution < 1.29 is 14.3 Å². The van der Waals surface area contributed by atoms with E-state index in [-0.39, 0.29) is 18.0 Å². The zero-order valence-electron chi connectivity index (χ0n) is 14.6. The van der Waals surface area contributed by atoms with Crippen LogP contribution in [-0.2, 0) is 0 Å². The smallest absolute Gasteiger partial charge is 0.322 e. The lowest BCUT2D eigenvalue weighted by Gasteiger charge is -2.31. The van der Waals surface area contributed by atoms with E-state index in [1.807, 2.05) is 0 Å². The molecule has 0 aromatic heterocycles. The molecule has 0 radical (unpaired) electrons. The first kappa shape index (κ1) is 17.5. The summed E-state index contributed by atoms with van der Waals surface area (Å²) >= 11 is 0. The van der Waals surface area contributed by atoms with E-state index in [4.69, 9.17) is 10.5 Å². The van der Waals surface area contributed by atoms with Crippen LogP contribution in [0.1, 0.15) is 36.0 Å². The number of anilines is 1. The molecule has 1 aromatic rings. The van der Waals surface area contributed by atoms with Crippen LogP contribution >= 0.6 is 0 Å². The Bertz CT molecular complexity index is 649. The monoisotopic (exact) mass is 346 g/mol. The summed E-state index contributed by atoms with van der Waals surface area (Å²) in [4.78, 5) is 26.3. The Morgan fingerprint density at radius 3 is 2.88 bits per heavy atom. The van der Waals surface area contributed by atoms with E-state index in [1.165, 1.54) is 6.42 Å². The molecule has 7 heteroatoms. The topological polar surface area (TPSA) is 96.7 Å². The van der Waals surface area contributed by atoms with E-state index in [0.717, 1.165) is 19.3 Å². The number of nitrogens with zero attached hydrogens (tertiary/aromatic N) is 1. The van der Waals surface area contributed by atoms with Crippen LogP contribution in [0, 0.1) is 5.92 Å². The van der Waals surface area contributed by atoms with Crippen LogP contribution in [0.4, 0.5) is 10.5 Å². The molecule has 1 heterocycles. The highest BCUT2D eigenvalue weighted by Gasteiger charge is 2.28. The molecule has 3 amide bonds. The Hall–Kier alpha value is -2.28. The average Bonchev–Trinajstić information content (AvgIpc) is 3.07. The number of ether oxygens (including phenoxy) is 1. The number of rotatable bonds is 5. The summed E-state index contributed by atoms with van der Waals surface area (Å²) in [5, 5.41) is 5.89. The van der Waals surface area contributed by atoms with Gasteiger partial charge in [0.25, 0.3) is 5.91 Å². The van der Waals surface area contributed by atoms with E-state index in [0.29, 0.717) is 42.6 Å². The quantitative estimate of drug-likeness (QED) is 0.752. The van der Waals surface area contributed by atoms with Crippen molar-refractivity contribution in [2.75, 3.05) is 31.6 Å². The van der Waals surface area contributed by atoms with E-state index in [1.54, 1.807) is 30.2 Å². The average molecular weight is 346 g/mol. The number of nitrogens with two attached hydrogens (primary N) is 1. The van der Waals surface area contributed by atoms with Gasteiger partial charge in [0.15, 0.2) is 0 Å². The maximum Gasteiger partial charge on any atom is 0.322 e. The number of benzene rings is 1. The van der Waals surface area contributed by atoms with Gasteiger partial charge in [-0.15, -0.1) is 0 Å². The van der Waals surface area contributed by atoms with E-state index < -0.39 is 0 Å². The van der Waals surface area contributed by atoms with Crippen molar-refractivity contribution in [2.24, 2.45) is 11.7 Å². The Morgan fingerprint density at radius 1 is 1.40 bits per heavy atom. The van der Waals surface area contributed by atoms with Crippen LogP contribution in [0.5, 0.6) is 5.75 Å². The predicted molar refractivity (Wildman–Crippen MR) is 96.0 cm³/mol. The number of urea groups is 1. The number of nitrogens with one attached hydrogen (secondary N) is 2.